The van der Waals surface area contributed by atoms with Crippen molar-refractivity contribution in [3.05, 3.63) is 78.4 Å². The van der Waals surface area contributed by atoms with Crippen LogP contribution in [-0.4, -0.2) is 37.2 Å². The fourth-order valence-electron chi connectivity index (χ4n) is 3.12. The maximum Gasteiger partial charge on any atom is 0.243 e. The van der Waals surface area contributed by atoms with Gasteiger partial charge in [0.15, 0.2) is 0 Å². The Kier molecular flexibility index (Phi) is 6.01. The van der Waals surface area contributed by atoms with Gasteiger partial charge in [0.05, 0.1) is 39.0 Å². The van der Waals surface area contributed by atoms with E-state index in [4.69, 9.17) is 5.26 Å². The number of thiazole rings is 1. The Bertz CT molecular complexity index is 1410. The topological polar surface area (TPSA) is 103 Å². The van der Waals surface area contributed by atoms with Crippen LogP contribution < -0.4 is 5.32 Å². The summed E-state index contributed by atoms with van der Waals surface area (Å²) in [6, 6.07) is 22.6. The normalized spacial score (nSPS) is 11.4. The van der Waals surface area contributed by atoms with Crippen LogP contribution in [0.1, 0.15) is 5.56 Å². The lowest BCUT2D eigenvalue weighted by Crippen LogP contribution is -2.35. The highest BCUT2D eigenvalue weighted by Crippen LogP contribution is 2.34. The first-order valence-corrected chi connectivity index (χ1v) is 11.9. The van der Waals surface area contributed by atoms with Crippen molar-refractivity contribution in [3.8, 4) is 16.6 Å². The van der Waals surface area contributed by atoms with Gasteiger partial charge in [0.2, 0.25) is 15.9 Å². The van der Waals surface area contributed by atoms with Gasteiger partial charge in [0, 0.05) is 12.6 Å². The van der Waals surface area contributed by atoms with Gasteiger partial charge in [-0.2, -0.15) is 9.57 Å². The molecule has 7 nitrogen and oxygen atoms in total. The second kappa shape index (κ2) is 8.88. The second-order valence-corrected chi connectivity index (χ2v) is 10.1. The zero-order chi connectivity index (χ0) is 22.7. The molecule has 0 aliphatic rings. The molecule has 0 aliphatic carbocycles. The number of para-hydroxylation sites is 2. The number of anilines is 1. The van der Waals surface area contributed by atoms with Gasteiger partial charge in [-0.1, -0.05) is 24.3 Å². The lowest BCUT2D eigenvalue weighted by molar-refractivity contribution is -0.116. The zero-order valence-corrected chi connectivity index (χ0v) is 18.7. The van der Waals surface area contributed by atoms with Gasteiger partial charge in [-0.05, 0) is 48.5 Å². The lowest BCUT2D eigenvalue weighted by Gasteiger charge is -2.17. The summed E-state index contributed by atoms with van der Waals surface area (Å²) in [6.45, 7) is -0.365. The van der Waals surface area contributed by atoms with E-state index in [2.05, 4.69) is 10.3 Å². The van der Waals surface area contributed by atoms with Crippen molar-refractivity contribution in [2.75, 3.05) is 18.9 Å². The van der Waals surface area contributed by atoms with Crippen molar-refractivity contribution in [1.29, 1.82) is 5.26 Å². The Balaban J connectivity index is 1.52. The van der Waals surface area contributed by atoms with E-state index in [1.54, 1.807) is 12.1 Å². The molecule has 0 fully saturated rings. The molecule has 0 unspecified atom stereocenters. The molecule has 0 spiro atoms. The minimum Gasteiger partial charge on any atom is -0.324 e. The number of sulfonamides is 1. The van der Waals surface area contributed by atoms with Gasteiger partial charge < -0.3 is 5.32 Å². The predicted octanol–water partition coefficient (Wildman–Crippen LogP) is 4.09. The number of hydrogen-bond acceptors (Lipinski definition) is 6. The molecule has 1 aromatic heterocycles. The summed E-state index contributed by atoms with van der Waals surface area (Å²) in [7, 11) is -2.54. The Morgan fingerprint density at radius 2 is 1.75 bits per heavy atom. The second-order valence-electron chi connectivity index (χ2n) is 6.98. The predicted molar refractivity (Wildman–Crippen MR) is 125 cm³/mol. The standard InChI is InChI=1S/C23H18N4O3S2/c1-27(32(29,30)17-12-10-16(14-24)11-13-17)15-22(28)25-19-7-3-2-6-18(19)23-26-20-8-4-5-9-21(20)31-23/h2-13H,15H2,1H3,(H,25,28). The number of carbonyl (C=O) groups excluding carboxylic acids is 1. The number of rotatable bonds is 6. The van der Waals surface area contributed by atoms with E-state index in [0.29, 0.717) is 11.3 Å². The van der Waals surface area contributed by atoms with Crippen LogP contribution in [0, 0.1) is 11.3 Å². The van der Waals surface area contributed by atoms with Crippen LogP contribution in [0.4, 0.5) is 5.69 Å². The zero-order valence-electron chi connectivity index (χ0n) is 17.0. The third kappa shape index (κ3) is 4.38. The van der Waals surface area contributed by atoms with Gasteiger partial charge >= 0.3 is 0 Å². The molecule has 0 radical (unpaired) electrons. The Morgan fingerprint density at radius 3 is 2.47 bits per heavy atom. The maximum atomic E-state index is 12.8. The van der Waals surface area contributed by atoms with E-state index in [-0.39, 0.29) is 11.4 Å². The summed E-state index contributed by atoms with van der Waals surface area (Å²) in [4.78, 5) is 17.3. The van der Waals surface area contributed by atoms with E-state index < -0.39 is 15.9 Å². The first-order chi connectivity index (χ1) is 15.4. The third-order valence-corrected chi connectivity index (χ3v) is 7.67. The van der Waals surface area contributed by atoms with Crippen LogP contribution in [0.5, 0.6) is 0 Å². The van der Waals surface area contributed by atoms with Gasteiger partial charge in [-0.3, -0.25) is 4.79 Å². The first-order valence-electron chi connectivity index (χ1n) is 9.60. The average molecular weight is 463 g/mol. The van der Waals surface area contributed by atoms with Gasteiger partial charge in [0.25, 0.3) is 0 Å². The van der Waals surface area contributed by atoms with E-state index in [9.17, 15) is 13.2 Å². The van der Waals surface area contributed by atoms with Crippen LogP contribution in [0.25, 0.3) is 20.8 Å². The minimum absolute atomic E-state index is 0.0154. The van der Waals surface area contributed by atoms with E-state index in [0.717, 1.165) is 25.1 Å². The molecular formula is C23H18N4O3S2. The van der Waals surface area contributed by atoms with E-state index >= 15 is 0 Å². The summed E-state index contributed by atoms with van der Waals surface area (Å²) in [5.74, 6) is -0.474. The van der Waals surface area contributed by atoms with E-state index in [1.165, 1.54) is 42.6 Å². The molecule has 0 saturated carbocycles. The maximum absolute atomic E-state index is 12.8. The molecule has 9 heteroatoms. The smallest absolute Gasteiger partial charge is 0.243 e. The number of carbonyl (C=O) groups is 1. The Morgan fingerprint density at radius 1 is 1.06 bits per heavy atom. The number of nitriles is 1. The largest absolute Gasteiger partial charge is 0.324 e. The number of benzene rings is 3. The van der Waals surface area contributed by atoms with Crippen LogP contribution >= 0.6 is 11.3 Å². The number of hydrogen-bond donors (Lipinski definition) is 1. The van der Waals surface area contributed by atoms with Crippen molar-refractivity contribution in [2.45, 2.75) is 4.90 Å². The van der Waals surface area contributed by atoms with Gasteiger partial charge in [-0.25, -0.2) is 13.4 Å². The minimum atomic E-state index is -3.88. The van der Waals surface area contributed by atoms with Crippen LogP contribution in [0.3, 0.4) is 0 Å². The molecule has 1 heterocycles. The molecule has 4 aromatic rings. The third-order valence-electron chi connectivity index (χ3n) is 4.78. The molecule has 3 aromatic carbocycles. The lowest BCUT2D eigenvalue weighted by atomic mass is 10.2. The molecule has 0 bridgehead atoms. The summed E-state index contributed by atoms with van der Waals surface area (Å²) in [6.07, 6.45) is 0. The fourth-order valence-corrected chi connectivity index (χ4v) is 5.26. The molecule has 4 rings (SSSR count). The van der Waals surface area contributed by atoms with Crippen molar-refractivity contribution in [3.63, 3.8) is 0 Å². The number of nitrogens with one attached hydrogen (secondary N) is 1. The van der Waals surface area contributed by atoms with Crippen LogP contribution in [0.2, 0.25) is 0 Å². The van der Waals surface area contributed by atoms with Crippen molar-refractivity contribution < 1.29 is 13.2 Å². The molecule has 0 aliphatic heterocycles. The molecule has 0 atom stereocenters. The van der Waals surface area contributed by atoms with Crippen LogP contribution in [0.15, 0.2) is 77.7 Å². The van der Waals surface area contributed by atoms with Gasteiger partial charge in [0.1, 0.15) is 5.01 Å². The number of fused-ring (bicyclic) bond motifs is 1. The average Bonchev–Trinajstić information content (AvgIpc) is 3.23. The quantitative estimate of drug-likeness (QED) is 0.465. The first kappa shape index (κ1) is 21.6. The molecule has 32 heavy (non-hydrogen) atoms. The summed E-state index contributed by atoms with van der Waals surface area (Å²) < 4.78 is 27.5. The highest BCUT2D eigenvalue weighted by molar-refractivity contribution is 7.89. The summed E-state index contributed by atoms with van der Waals surface area (Å²) >= 11 is 1.52. The number of nitrogens with zero attached hydrogens (tertiary/aromatic N) is 3. The summed E-state index contributed by atoms with van der Waals surface area (Å²) in [5.41, 5.74) is 2.55. The monoisotopic (exact) mass is 462 g/mol. The number of amides is 1. The van der Waals surface area contributed by atoms with Crippen LogP contribution in [-0.2, 0) is 14.8 Å². The number of aromatic nitrogens is 1. The summed E-state index contributed by atoms with van der Waals surface area (Å²) in [5, 5.41) is 12.4. The molecule has 1 amide bonds. The van der Waals surface area contributed by atoms with Crippen molar-refractivity contribution in [1.82, 2.24) is 9.29 Å². The highest BCUT2D eigenvalue weighted by Gasteiger charge is 2.23. The molecule has 160 valence electrons. The Labute approximate surface area is 189 Å². The fraction of sp³-hybridized carbons (Fsp3) is 0.0870. The van der Waals surface area contributed by atoms with E-state index in [1.807, 2.05) is 42.5 Å². The number of likely N-dealkylation sites (N-methyl/N-ethyl adjacent to an activating group) is 1. The molecule has 0 saturated heterocycles. The molecule has 1 N–H and O–H groups in total. The molecular weight excluding hydrogens is 444 g/mol. The van der Waals surface area contributed by atoms with Crippen molar-refractivity contribution in [2.24, 2.45) is 0 Å². The SMILES string of the molecule is CN(CC(=O)Nc1ccccc1-c1nc2ccccc2s1)S(=O)(=O)c1ccc(C#N)cc1. The Hall–Kier alpha value is -3.58. The van der Waals surface area contributed by atoms with Gasteiger partial charge in [-0.15, -0.1) is 11.3 Å². The van der Waals surface area contributed by atoms with Crippen molar-refractivity contribution >= 4 is 43.2 Å². The highest BCUT2D eigenvalue weighted by atomic mass is 32.2.